The fourth-order valence-electron chi connectivity index (χ4n) is 1.90. The molecule has 0 aromatic heterocycles. The molecule has 0 bridgehead atoms. The summed E-state index contributed by atoms with van der Waals surface area (Å²) in [5.74, 6) is -2.75. The van der Waals surface area contributed by atoms with Gasteiger partial charge in [-0.05, 0) is 12.1 Å². The zero-order valence-corrected chi connectivity index (χ0v) is 12.1. The van der Waals surface area contributed by atoms with Crippen LogP contribution in [0, 0.1) is 0 Å². The van der Waals surface area contributed by atoms with E-state index in [9.17, 15) is 19.2 Å². The largest absolute Gasteiger partial charge is 0.375 e. The van der Waals surface area contributed by atoms with E-state index >= 15 is 0 Å². The summed E-state index contributed by atoms with van der Waals surface area (Å²) in [6.07, 6.45) is 0. The monoisotopic (exact) mass is 306 g/mol. The number of ether oxygens (including phenoxy) is 1. The Hall–Kier alpha value is -2.74. The maximum Gasteiger partial charge on any atom is 0.352 e. The summed E-state index contributed by atoms with van der Waals surface area (Å²) in [5.41, 5.74) is 0.341. The normalized spacial score (nSPS) is 13.1. The zero-order chi connectivity index (χ0) is 16.3. The molecule has 0 spiro atoms. The Morgan fingerprint density at radius 1 is 1.14 bits per heavy atom. The molecule has 1 aliphatic rings. The number of rotatable bonds is 5. The van der Waals surface area contributed by atoms with Crippen molar-refractivity contribution in [2.75, 3.05) is 27.3 Å². The third kappa shape index (κ3) is 2.96. The summed E-state index contributed by atoms with van der Waals surface area (Å²) in [5, 5.41) is 0.404. The van der Waals surface area contributed by atoms with Crippen LogP contribution in [-0.4, -0.2) is 61.0 Å². The van der Waals surface area contributed by atoms with Gasteiger partial charge in [-0.3, -0.25) is 14.4 Å². The Labute approximate surface area is 126 Å². The van der Waals surface area contributed by atoms with Crippen molar-refractivity contribution in [3.05, 3.63) is 35.4 Å². The summed E-state index contributed by atoms with van der Waals surface area (Å²) in [6, 6.07) is 6.15. The molecule has 1 aliphatic heterocycles. The molecular formula is C14H14N2O6. The number of methoxy groups -OCH3 is 1. The summed E-state index contributed by atoms with van der Waals surface area (Å²) in [6.45, 7) is -0.591. The van der Waals surface area contributed by atoms with Crippen LogP contribution < -0.4 is 0 Å². The van der Waals surface area contributed by atoms with Crippen molar-refractivity contribution in [2.24, 2.45) is 0 Å². The number of benzene rings is 1. The van der Waals surface area contributed by atoms with Crippen LogP contribution in [0.5, 0.6) is 0 Å². The highest BCUT2D eigenvalue weighted by molar-refractivity contribution is 6.20. The van der Waals surface area contributed by atoms with Crippen LogP contribution in [0.1, 0.15) is 20.7 Å². The highest BCUT2D eigenvalue weighted by Gasteiger charge is 2.38. The fourth-order valence-corrected chi connectivity index (χ4v) is 1.90. The first-order valence-electron chi connectivity index (χ1n) is 6.37. The first-order valence-corrected chi connectivity index (χ1v) is 6.37. The molecule has 8 heteroatoms. The number of carbonyl (C=O) groups excluding carboxylic acids is 4. The number of amides is 3. The van der Waals surface area contributed by atoms with Gasteiger partial charge in [-0.25, -0.2) is 4.79 Å². The van der Waals surface area contributed by atoms with Crippen molar-refractivity contribution in [3.63, 3.8) is 0 Å². The lowest BCUT2D eigenvalue weighted by Gasteiger charge is -2.17. The van der Waals surface area contributed by atoms with Crippen LogP contribution in [0.4, 0.5) is 0 Å². The first kappa shape index (κ1) is 15.6. The third-order valence-corrected chi connectivity index (χ3v) is 3.01. The average Bonchev–Trinajstić information content (AvgIpc) is 2.73. The second-order valence-corrected chi connectivity index (χ2v) is 4.60. The summed E-state index contributed by atoms with van der Waals surface area (Å²) in [4.78, 5) is 53.1. The Morgan fingerprint density at radius 3 is 2.18 bits per heavy atom. The van der Waals surface area contributed by atoms with Crippen LogP contribution in [-0.2, 0) is 19.2 Å². The van der Waals surface area contributed by atoms with E-state index in [1.54, 1.807) is 12.1 Å². The Bertz CT molecular complexity index is 607. The molecule has 116 valence electrons. The van der Waals surface area contributed by atoms with E-state index in [2.05, 4.69) is 4.74 Å². The van der Waals surface area contributed by atoms with E-state index in [0.29, 0.717) is 5.06 Å². The van der Waals surface area contributed by atoms with Gasteiger partial charge in [-0.15, -0.1) is 0 Å². The zero-order valence-electron chi connectivity index (χ0n) is 12.1. The van der Waals surface area contributed by atoms with Crippen LogP contribution in [0.3, 0.4) is 0 Å². The lowest BCUT2D eigenvalue weighted by molar-refractivity contribution is -0.171. The molecule has 0 atom stereocenters. The van der Waals surface area contributed by atoms with Gasteiger partial charge in [0, 0.05) is 14.2 Å². The van der Waals surface area contributed by atoms with Crippen molar-refractivity contribution < 1.29 is 28.8 Å². The van der Waals surface area contributed by atoms with E-state index in [0.717, 1.165) is 4.90 Å². The molecule has 3 amide bonds. The van der Waals surface area contributed by atoms with Gasteiger partial charge >= 0.3 is 5.97 Å². The van der Waals surface area contributed by atoms with Gasteiger partial charge in [0.2, 0.25) is 5.91 Å². The fraction of sp³-hybridized carbons (Fsp3) is 0.286. The van der Waals surface area contributed by atoms with Crippen molar-refractivity contribution in [1.29, 1.82) is 0 Å². The maximum absolute atomic E-state index is 12.0. The number of nitrogens with zero attached hydrogens (tertiary/aromatic N) is 2. The second-order valence-electron chi connectivity index (χ2n) is 4.60. The minimum Gasteiger partial charge on any atom is -0.375 e. The Balaban J connectivity index is 2.00. The highest BCUT2D eigenvalue weighted by Crippen LogP contribution is 2.22. The molecule has 8 nitrogen and oxygen atoms in total. The molecule has 0 saturated heterocycles. The van der Waals surface area contributed by atoms with Gasteiger partial charge < -0.3 is 14.5 Å². The number of fused-ring (bicyclic) bond motifs is 1. The minimum absolute atomic E-state index is 0.170. The molecule has 0 radical (unpaired) electrons. The third-order valence-electron chi connectivity index (χ3n) is 3.01. The van der Waals surface area contributed by atoms with Crippen LogP contribution >= 0.6 is 0 Å². The van der Waals surface area contributed by atoms with Gasteiger partial charge in [-0.2, -0.15) is 0 Å². The summed E-state index contributed by atoms with van der Waals surface area (Å²) >= 11 is 0. The van der Waals surface area contributed by atoms with Crippen LogP contribution in [0.25, 0.3) is 0 Å². The van der Waals surface area contributed by atoms with Gasteiger partial charge in [0.15, 0.2) is 0 Å². The highest BCUT2D eigenvalue weighted by atomic mass is 16.7. The van der Waals surface area contributed by atoms with Crippen molar-refractivity contribution >= 4 is 23.7 Å². The molecule has 1 heterocycles. The minimum atomic E-state index is -0.901. The van der Waals surface area contributed by atoms with E-state index in [-0.39, 0.29) is 17.7 Å². The molecule has 0 saturated carbocycles. The predicted molar refractivity (Wildman–Crippen MR) is 72.5 cm³/mol. The number of hydrogen-bond donors (Lipinski definition) is 0. The Kier molecular flexibility index (Phi) is 4.52. The molecule has 0 unspecified atom stereocenters. The lowest BCUT2D eigenvalue weighted by Crippen LogP contribution is -2.39. The van der Waals surface area contributed by atoms with E-state index < -0.39 is 30.2 Å². The van der Waals surface area contributed by atoms with Crippen molar-refractivity contribution in [3.8, 4) is 0 Å². The predicted octanol–water partition coefficient (Wildman–Crippen LogP) is -0.154. The molecule has 2 rings (SSSR count). The smallest absolute Gasteiger partial charge is 0.352 e. The molecule has 1 aromatic carbocycles. The average molecular weight is 306 g/mol. The van der Waals surface area contributed by atoms with E-state index in [4.69, 9.17) is 4.84 Å². The number of hydroxylamine groups is 2. The molecule has 0 aliphatic carbocycles. The maximum atomic E-state index is 12.0. The molecule has 1 aromatic rings. The topological polar surface area (TPSA) is 93.2 Å². The van der Waals surface area contributed by atoms with Crippen molar-refractivity contribution in [2.45, 2.75) is 0 Å². The van der Waals surface area contributed by atoms with Gasteiger partial charge in [0.1, 0.15) is 13.2 Å². The van der Waals surface area contributed by atoms with Crippen LogP contribution in [0.2, 0.25) is 0 Å². The molecule has 0 N–H and O–H groups in total. The standard InChI is InChI=1S/C14H14N2O6/c1-15(11(17)8-21-2)7-12(18)22-16-13(19)9-5-3-4-6-10(9)14(16)20/h3-6H,7-8H2,1-2H3. The quantitative estimate of drug-likeness (QED) is 0.702. The Morgan fingerprint density at radius 2 is 1.68 bits per heavy atom. The van der Waals surface area contributed by atoms with Gasteiger partial charge in [0.05, 0.1) is 11.1 Å². The molecular weight excluding hydrogens is 292 g/mol. The summed E-state index contributed by atoms with van der Waals surface area (Å²) in [7, 11) is 2.73. The number of likely N-dealkylation sites (N-methyl/N-ethyl adjacent to an activating group) is 1. The molecule has 22 heavy (non-hydrogen) atoms. The SMILES string of the molecule is COCC(=O)N(C)CC(=O)ON1C(=O)c2ccccc2C1=O. The van der Waals surface area contributed by atoms with Crippen molar-refractivity contribution in [1.82, 2.24) is 9.96 Å². The number of hydrogen-bond acceptors (Lipinski definition) is 6. The van der Waals surface area contributed by atoms with E-state index in [1.165, 1.54) is 26.3 Å². The van der Waals surface area contributed by atoms with E-state index in [1.807, 2.05) is 0 Å². The number of carbonyl (C=O) groups is 4. The summed E-state index contributed by atoms with van der Waals surface area (Å²) < 4.78 is 4.65. The van der Waals surface area contributed by atoms with Crippen LogP contribution in [0.15, 0.2) is 24.3 Å². The second kappa shape index (κ2) is 6.35. The lowest BCUT2D eigenvalue weighted by atomic mass is 10.1. The van der Waals surface area contributed by atoms with Gasteiger partial charge in [0.25, 0.3) is 11.8 Å². The van der Waals surface area contributed by atoms with Gasteiger partial charge in [-0.1, -0.05) is 17.2 Å². The number of imide groups is 1. The molecule has 0 fully saturated rings. The first-order chi connectivity index (χ1) is 10.5.